The Bertz CT molecular complexity index is 1260. The molecule has 33 heavy (non-hydrogen) atoms. The maximum Gasteiger partial charge on any atom is 0.343 e. The van der Waals surface area contributed by atoms with Crippen molar-refractivity contribution in [2.24, 2.45) is 11.1 Å². The molecule has 1 unspecified atom stereocenters. The molecule has 174 valence electrons. The van der Waals surface area contributed by atoms with Crippen LogP contribution >= 0.6 is 11.8 Å². The first-order valence-electron chi connectivity index (χ1n) is 11.3. The molecule has 5 rings (SSSR count). The predicted octanol–water partition coefficient (Wildman–Crippen LogP) is 4.33. The van der Waals surface area contributed by atoms with Crippen LogP contribution in [0.4, 0.5) is 10.1 Å². The van der Waals surface area contributed by atoms with Gasteiger partial charge in [0.2, 0.25) is 5.43 Å². The minimum absolute atomic E-state index is 0.0619. The average Bonchev–Trinajstić information content (AvgIpc) is 3.64. The van der Waals surface area contributed by atoms with E-state index in [0.717, 1.165) is 30.6 Å². The molecule has 7 nitrogen and oxygen atoms in total. The number of benzene rings is 1. The van der Waals surface area contributed by atoms with Crippen LogP contribution in [0.1, 0.15) is 49.5 Å². The highest BCUT2D eigenvalue weighted by Crippen LogP contribution is 2.40. The van der Waals surface area contributed by atoms with Gasteiger partial charge in [-0.25, -0.2) is 9.18 Å². The normalized spacial score (nSPS) is 22.1. The fourth-order valence-corrected chi connectivity index (χ4v) is 5.89. The lowest BCUT2D eigenvalue weighted by Gasteiger charge is -2.36. The van der Waals surface area contributed by atoms with Crippen molar-refractivity contribution in [3.05, 3.63) is 50.4 Å². The molecule has 1 atom stereocenters. The minimum Gasteiger partial charge on any atom is -0.462 e. The lowest BCUT2D eigenvalue weighted by molar-refractivity contribution is 0.0524. The van der Waals surface area contributed by atoms with E-state index in [4.69, 9.17) is 4.74 Å². The second-order valence-electron chi connectivity index (χ2n) is 8.82. The number of oxime groups is 1. The molecule has 2 aliphatic heterocycles. The summed E-state index contributed by atoms with van der Waals surface area (Å²) in [6, 6.07) is 3.15. The number of thioether (sulfide) groups is 1. The number of carbonyl (C=O) groups is 1. The zero-order valence-electron chi connectivity index (χ0n) is 18.6. The van der Waals surface area contributed by atoms with Gasteiger partial charge in [0.25, 0.3) is 0 Å². The molecule has 3 aliphatic rings. The summed E-state index contributed by atoms with van der Waals surface area (Å²) in [6.07, 6.45) is 4.20. The van der Waals surface area contributed by atoms with E-state index in [9.17, 15) is 14.8 Å². The molecular weight excluding hydrogens is 445 g/mol. The molecule has 0 radical (unpaired) electrons. The molecule has 0 amide bonds. The van der Waals surface area contributed by atoms with Gasteiger partial charge in [0.15, 0.2) is 0 Å². The highest BCUT2D eigenvalue weighted by molar-refractivity contribution is 8.03. The van der Waals surface area contributed by atoms with Crippen molar-refractivity contribution in [3.8, 4) is 0 Å². The van der Waals surface area contributed by atoms with Crippen molar-refractivity contribution < 1.29 is 19.1 Å². The van der Waals surface area contributed by atoms with Gasteiger partial charge in [0.1, 0.15) is 11.4 Å². The number of esters is 1. The monoisotopic (exact) mass is 471 g/mol. The molecule has 1 aromatic carbocycles. The number of fused-ring (bicyclic) bond motifs is 1. The molecule has 1 saturated carbocycles. The first-order valence-corrected chi connectivity index (χ1v) is 12.3. The molecule has 0 saturated heterocycles. The molecule has 1 aromatic heterocycles. The van der Waals surface area contributed by atoms with Crippen LogP contribution in [0.2, 0.25) is 0 Å². The second kappa shape index (κ2) is 8.52. The summed E-state index contributed by atoms with van der Waals surface area (Å²) in [5.41, 5.74) is 2.09. The van der Waals surface area contributed by atoms with E-state index >= 15 is 4.39 Å². The first-order chi connectivity index (χ1) is 15.9. The van der Waals surface area contributed by atoms with Crippen LogP contribution in [0.5, 0.6) is 0 Å². The second-order valence-corrected chi connectivity index (χ2v) is 9.94. The largest absolute Gasteiger partial charge is 0.462 e. The summed E-state index contributed by atoms with van der Waals surface area (Å²) >= 11 is 1.78. The van der Waals surface area contributed by atoms with E-state index in [2.05, 4.69) is 5.16 Å². The summed E-state index contributed by atoms with van der Waals surface area (Å²) in [5, 5.41) is 13.3. The van der Waals surface area contributed by atoms with E-state index in [1.165, 1.54) is 11.0 Å². The number of hydrogen-bond donors (Lipinski definition) is 1. The number of halogens is 1. The smallest absolute Gasteiger partial charge is 0.343 e. The molecule has 0 spiro atoms. The molecule has 3 heterocycles. The number of pyridine rings is 1. The SMILES string of the molecule is CCOC(=O)c1cn(C2CC2)c2cc(N3CCC4=C(C3)/C(=N/O)C(C)CS4)c(F)cc2c1=O. The number of carbonyl (C=O) groups excluding carboxylic acids is 1. The van der Waals surface area contributed by atoms with Gasteiger partial charge < -0.3 is 19.4 Å². The highest BCUT2D eigenvalue weighted by atomic mass is 32.2. The number of nitrogens with zero attached hydrogens (tertiary/aromatic N) is 3. The number of hydrogen-bond acceptors (Lipinski definition) is 7. The van der Waals surface area contributed by atoms with E-state index in [-0.39, 0.29) is 29.5 Å². The van der Waals surface area contributed by atoms with Crippen LogP contribution in [0, 0.1) is 11.7 Å². The Balaban J connectivity index is 1.60. The van der Waals surface area contributed by atoms with Gasteiger partial charge in [-0.2, -0.15) is 0 Å². The fraction of sp³-hybridized carbons (Fsp3) is 0.458. The van der Waals surface area contributed by atoms with Crippen LogP contribution in [0.15, 0.2) is 38.8 Å². The van der Waals surface area contributed by atoms with Crippen LogP contribution < -0.4 is 10.3 Å². The highest BCUT2D eigenvalue weighted by Gasteiger charge is 2.32. The van der Waals surface area contributed by atoms with Gasteiger partial charge in [0.05, 0.1) is 23.5 Å². The average molecular weight is 472 g/mol. The van der Waals surface area contributed by atoms with E-state index in [1.807, 2.05) is 16.4 Å². The Hall–Kier alpha value is -2.81. The summed E-state index contributed by atoms with van der Waals surface area (Å²) in [4.78, 5) is 28.5. The third kappa shape index (κ3) is 3.82. The fourth-order valence-electron chi connectivity index (χ4n) is 4.71. The van der Waals surface area contributed by atoms with Gasteiger partial charge in [-0.3, -0.25) is 4.79 Å². The van der Waals surface area contributed by atoms with Crippen molar-refractivity contribution in [2.75, 3.05) is 30.3 Å². The van der Waals surface area contributed by atoms with E-state index in [0.29, 0.717) is 30.0 Å². The van der Waals surface area contributed by atoms with Crippen molar-refractivity contribution in [3.63, 3.8) is 0 Å². The van der Waals surface area contributed by atoms with Crippen molar-refractivity contribution in [2.45, 2.75) is 39.2 Å². The molecule has 0 bridgehead atoms. The Morgan fingerprint density at radius 3 is 2.85 bits per heavy atom. The van der Waals surface area contributed by atoms with Crippen LogP contribution in [-0.2, 0) is 4.74 Å². The minimum atomic E-state index is -0.682. The van der Waals surface area contributed by atoms with Gasteiger partial charge >= 0.3 is 5.97 Å². The topological polar surface area (TPSA) is 84.1 Å². The maximum absolute atomic E-state index is 15.4. The zero-order chi connectivity index (χ0) is 23.3. The van der Waals surface area contributed by atoms with Gasteiger partial charge in [-0.15, -0.1) is 11.8 Å². The Labute approximate surface area is 194 Å². The quantitative estimate of drug-likeness (QED) is 0.406. The zero-order valence-corrected chi connectivity index (χ0v) is 19.5. The van der Waals surface area contributed by atoms with E-state index in [1.54, 1.807) is 30.9 Å². The van der Waals surface area contributed by atoms with Crippen LogP contribution in [0.3, 0.4) is 0 Å². The van der Waals surface area contributed by atoms with Gasteiger partial charge in [0, 0.05) is 48.0 Å². The van der Waals surface area contributed by atoms with Gasteiger partial charge in [-0.1, -0.05) is 12.1 Å². The Morgan fingerprint density at radius 2 is 2.15 bits per heavy atom. The van der Waals surface area contributed by atoms with E-state index < -0.39 is 17.2 Å². The summed E-state index contributed by atoms with van der Waals surface area (Å²) < 4.78 is 22.4. The molecular formula is C24H26FN3O4S. The molecule has 9 heteroatoms. The molecule has 1 fully saturated rings. The molecule has 2 aromatic rings. The van der Waals surface area contributed by atoms with Crippen molar-refractivity contribution >= 4 is 40.0 Å². The molecule has 1 aliphatic carbocycles. The summed E-state index contributed by atoms with van der Waals surface area (Å²) in [5.74, 6) is -0.190. The molecule has 1 N–H and O–H groups in total. The lowest BCUT2D eigenvalue weighted by atomic mass is 9.95. The maximum atomic E-state index is 15.4. The first kappa shape index (κ1) is 22.0. The lowest BCUT2D eigenvalue weighted by Crippen LogP contribution is -2.38. The van der Waals surface area contributed by atoms with Crippen LogP contribution in [0.25, 0.3) is 10.9 Å². The Kier molecular flexibility index (Phi) is 5.68. The van der Waals surface area contributed by atoms with Crippen molar-refractivity contribution in [1.29, 1.82) is 0 Å². The number of ether oxygens (including phenoxy) is 1. The third-order valence-corrected chi connectivity index (χ3v) is 8.03. The number of aromatic nitrogens is 1. The third-order valence-electron chi connectivity index (χ3n) is 6.56. The predicted molar refractivity (Wildman–Crippen MR) is 127 cm³/mol. The summed E-state index contributed by atoms with van der Waals surface area (Å²) in [7, 11) is 0. The summed E-state index contributed by atoms with van der Waals surface area (Å²) in [6.45, 7) is 4.95. The van der Waals surface area contributed by atoms with Crippen LogP contribution in [-0.4, -0.2) is 46.9 Å². The Morgan fingerprint density at radius 1 is 1.36 bits per heavy atom. The van der Waals surface area contributed by atoms with Crippen molar-refractivity contribution in [1.82, 2.24) is 4.57 Å². The van der Waals surface area contributed by atoms with Gasteiger partial charge in [-0.05, 0) is 43.2 Å². The number of anilines is 1. The standard InChI is InChI=1S/C24H26FN3O4S/c1-3-32-24(30)17-11-28(14-4-5-14)19-9-20(18(25)8-15(19)23(17)29)27-7-6-21-16(10-27)22(26-31)13(2)12-33-21/h8-9,11,13-14,31H,3-7,10,12H2,1-2H3/b26-22+. The number of rotatable bonds is 4.